The third kappa shape index (κ3) is 5.72. The highest BCUT2D eigenvalue weighted by Gasteiger charge is 2.32. The number of aromatic nitrogens is 1. The Morgan fingerprint density at radius 3 is 2.69 bits per heavy atom. The van der Waals surface area contributed by atoms with E-state index in [1.807, 2.05) is 24.3 Å². The Labute approximate surface area is 185 Å². The molecule has 0 unspecified atom stereocenters. The highest BCUT2D eigenvalue weighted by molar-refractivity contribution is 9.10. The van der Waals surface area contributed by atoms with Crippen molar-refractivity contribution in [2.75, 3.05) is 6.54 Å². The van der Waals surface area contributed by atoms with Gasteiger partial charge in [0.05, 0.1) is 4.91 Å². The zero-order valence-electron chi connectivity index (χ0n) is 14.9. The van der Waals surface area contributed by atoms with Crippen LogP contribution in [0, 0.1) is 0 Å². The lowest BCUT2D eigenvalue weighted by Gasteiger charge is -2.14. The van der Waals surface area contributed by atoms with E-state index in [-0.39, 0.29) is 18.9 Å². The summed E-state index contributed by atoms with van der Waals surface area (Å²) in [6.07, 6.45) is 4.72. The maximum Gasteiger partial charge on any atom is 0.269 e. The fraction of sp³-hybridized carbons (Fsp3) is 0.105. The van der Waals surface area contributed by atoms with Gasteiger partial charge in [0.15, 0.2) is 0 Å². The molecule has 2 heterocycles. The first-order valence-corrected chi connectivity index (χ1v) is 10.5. The first kappa shape index (κ1) is 21.2. The molecule has 2 N–H and O–H groups in total. The van der Waals surface area contributed by atoms with E-state index >= 15 is 0 Å². The number of hydrogen-bond acceptors (Lipinski definition) is 6. The van der Waals surface area contributed by atoms with Crippen LogP contribution < -0.4 is 10.9 Å². The van der Waals surface area contributed by atoms with Gasteiger partial charge in [-0.3, -0.25) is 35.1 Å². The van der Waals surface area contributed by atoms with Crippen LogP contribution in [0.25, 0.3) is 6.08 Å². The summed E-state index contributed by atoms with van der Waals surface area (Å²) < 4.78 is 1.30. The number of carbonyl (C=O) groups is 3. The number of hydrogen-bond donors (Lipinski definition) is 2. The normalized spacial score (nSPS) is 14.9. The Balaban J connectivity index is 1.52. The fourth-order valence-corrected chi connectivity index (χ4v) is 4.14. The number of halogens is 1. The summed E-state index contributed by atoms with van der Waals surface area (Å²) in [7, 11) is 0. The largest absolute Gasteiger partial charge is 0.292 e. The molecule has 1 aromatic heterocycles. The van der Waals surface area contributed by atoms with Gasteiger partial charge < -0.3 is 0 Å². The van der Waals surface area contributed by atoms with E-state index in [4.69, 9.17) is 12.2 Å². The van der Waals surface area contributed by atoms with Crippen LogP contribution in [-0.4, -0.2) is 38.5 Å². The Bertz CT molecular complexity index is 998. The standard InChI is InChI=1S/C19H15BrN4O3S2/c20-14-3-1-2-12(10-14)11-15-18(27)24(19(28)29-15)9-6-16(25)22-23-17(26)13-4-7-21-8-5-13/h1-5,7-8,10-11H,6,9H2,(H,22,25)(H,23,26). The van der Waals surface area contributed by atoms with E-state index in [0.29, 0.717) is 14.8 Å². The van der Waals surface area contributed by atoms with Crippen LogP contribution in [0.1, 0.15) is 22.3 Å². The number of thioether (sulfide) groups is 1. The van der Waals surface area contributed by atoms with Crippen molar-refractivity contribution in [1.29, 1.82) is 0 Å². The molecule has 0 spiro atoms. The Kier molecular flexibility index (Phi) is 7.13. The molecule has 0 atom stereocenters. The van der Waals surface area contributed by atoms with E-state index in [1.54, 1.807) is 6.08 Å². The van der Waals surface area contributed by atoms with Gasteiger partial charge in [0, 0.05) is 35.4 Å². The third-order valence-corrected chi connectivity index (χ3v) is 5.71. The topological polar surface area (TPSA) is 91.4 Å². The molecule has 0 bridgehead atoms. The molecule has 0 saturated carbocycles. The highest BCUT2D eigenvalue weighted by atomic mass is 79.9. The van der Waals surface area contributed by atoms with Crippen molar-refractivity contribution in [3.63, 3.8) is 0 Å². The maximum atomic E-state index is 12.6. The van der Waals surface area contributed by atoms with Gasteiger partial charge in [-0.15, -0.1) is 0 Å². The summed E-state index contributed by atoms with van der Waals surface area (Å²) in [6.45, 7) is 0.122. The van der Waals surface area contributed by atoms with Crippen molar-refractivity contribution in [3.8, 4) is 0 Å². The van der Waals surface area contributed by atoms with Gasteiger partial charge in [-0.05, 0) is 35.9 Å². The number of benzene rings is 1. The van der Waals surface area contributed by atoms with Crippen molar-refractivity contribution < 1.29 is 14.4 Å². The molecular formula is C19H15BrN4O3S2. The average molecular weight is 491 g/mol. The molecule has 3 rings (SSSR count). The van der Waals surface area contributed by atoms with Crippen molar-refractivity contribution in [1.82, 2.24) is 20.7 Å². The van der Waals surface area contributed by atoms with Crippen molar-refractivity contribution in [2.45, 2.75) is 6.42 Å². The third-order valence-electron chi connectivity index (χ3n) is 3.84. The van der Waals surface area contributed by atoms with E-state index in [9.17, 15) is 14.4 Å². The minimum absolute atomic E-state index is 0.00672. The lowest BCUT2D eigenvalue weighted by molar-refractivity contribution is -0.124. The van der Waals surface area contributed by atoms with E-state index in [0.717, 1.165) is 10.0 Å². The molecular weight excluding hydrogens is 476 g/mol. The Morgan fingerprint density at radius 1 is 1.21 bits per heavy atom. The molecule has 7 nitrogen and oxygen atoms in total. The van der Waals surface area contributed by atoms with Crippen LogP contribution in [0.4, 0.5) is 0 Å². The van der Waals surface area contributed by atoms with Crippen LogP contribution in [0.2, 0.25) is 0 Å². The zero-order valence-corrected chi connectivity index (χ0v) is 18.1. The SMILES string of the molecule is O=C(CCN1C(=O)C(=Cc2cccc(Br)c2)SC1=S)NNC(=O)c1ccncc1. The average Bonchev–Trinajstić information content (AvgIpc) is 2.98. The zero-order chi connectivity index (χ0) is 20.8. The molecule has 0 radical (unpaired) electrons. The number of pyridine rings is 1. The predicted molar refractivity (Wildman–Crippen MR) is 118 cm³/mol. The van der Waals surface area contributed by atoms with E-state index in [2.05, 4.69) is 31.8 Å². The molecule has 0 aliphatic carbocycles. The number of rotatable bonds is 5. The summed E-state index contributed by atoms with van der Waals surface area (Å²) >= 11 is 9.86. The summed E-state index contributed by atoms with van der Waals surface area (Å²) in [5, 5.41) is 0. The monoisotopic (exact) mass is 490 g/mol. The van der Waals surface area contributed by atoms with Gasteiger partial charge in [0.25, 0.3) is 11.8 Å². The van der Waals surface area contributed by atoms with Gasteiger partial charge in [-0.1, -0.05) is 52.0 Å². The molecule has 1 aliphatic heterocycles. The molecule has 1 aliphatic rings. The van der Waals surface area contributed by atoms with Gasteiger partial charge in [-0.25, -0.2) is 0 Å². The van der Waals surface area contributed by atoms with Crippen LogP contribution >= 0.6 is 39.9 Å². The molecule has 148 valence electrons. The minimum Gasteiger partial charge on any atom is -0.292 e. The number of carbonyl (C=O) groups excluding carboxylic acids is 3. The predicted octanol–water partition coefficient (Wildman–Crippen LogP) is 2.90. The minimum atomic E-state index is -0.455. The number of hydrazine groups is 1. The molecule has 3 amide bonds. The first-order valence-electron chi connectivity index (χ1n) is 8.44. The lowest BCUT2D eigenvalue weighted by atomic mass is 10.2. The van der Waals surface area contributed by atoms with Gasteiger partial charge in [0.1, 0.15) is 4.32 Å². The second kappa shape index (κ2) is 9.77. The summed E-state index contributed by atoms with van der Waals surface area (Å²) in [5.41, 5.74) is 5.89. The second-order valence-corrected chi connectivity index (χ2v) is 8.47. The Hall–Kier alpha value is -2.56. The van der Waals surface area contributed by atoms with Gasteiger partial charge in [-0.2, -0.15) is 0 Å². The van der Waals surface area contributed by atoms with Crippen molar-refractivity contribution in [3.05, 3.63) is 69.3 Å². The van der Waals surface area contributed by atoms with E-state index in [1.165, 1.54) is 41.2 Å². The second-order valence-electron chi connectivity index (χ2n) is 5.88. The maximum absolute atomic E-state index is 12.6. The summed E-state index contributed by atoms with van der Waals surface area (Å²) in [4.78, 5) is 42.2. The first-order chi connectivity index (χ1) is 13.9. The fourth-order valence-electron chi connectivity index (χ4n) is 2.42. The Morgan fingerprint density at radius 2 is 1.97 bits per heavy atom. The molecule has 29 heavy (non-hydrogen) atoms. The highest BCUT2D eigenvalue weighted by Crippen LogP contribution is 2.32. The quantitative estimate of drug-likeness (QED) is 0.380. The number of thiocarbonyl (C=S) groups is 1. The van der Waals surface area contributed by atoms with Gasteiger partial charge >= 0.3 is 0 Å². The molecule has 1 aromatic carbocycles. The van der Waals surface area contributed by atoms with Crippen LogP contribution in [0.15, 0.2) is 58.2 Å². The van der Waals surface area contributed by atoms with Crippen molar-refractivity contribution in [2.24, 2.45) is 0 Å². The smallest absolute Gasteiger partial charge is 0.269 e. The van der Waals surface area contributed by atoms with Gasteiger partial charge in [0.2, 0.25) is 5.91 Å². The lowest BCUT2D eigenvalue weighted by Crippen LogP contribution is -2.43. The molecule has 10 heteroatoms. The van der Waals surface area contributed by atoms with Crippen LogP contribution in [0.3, 0.4) is 0 Å². The van der Waals surface area contributed by atoms with Crippen LogP contribution in [-0.2, 0) is 9.59 Å². The molecule has 1 fully saturated rings. The summed E-state index contributed by atoms with van der Waals surface area (Å²) in [6, 6.07) is 10.6. The molecule has 1 saturated heterocycles. The van der Waals surface area contributed by atoms with Crippen LogP contribution in [0.5, 0.6) is 0 Å². The summed E-state index contributed by atoms with van der Waals surface area (Å²) in [5.74, 6) is -1.13. The van der Waals surface area contributed by atoms with E-state index < -0.39 is 11.8 Å². The number of nitrogens with zero attached hydrogens (tertiary/aromatic N) is 2. The number of nitrogens with one attached hydrogen (secondary N) is 2. The van der Waals surface area contributed by atoms with Crippen molar-refractivity contribution >= 4 is 68.0 Å². The molecule has 2 aromatic rings. The number of amides is 3.